The number of carbonyl (C=O) groups excluding carboxylic acids is 1. The SMILES string of the molecule is COc1cc(C(=O)c2cc(-c3ccco3)cc(CN(C)C)c2O)cc(OC)c1OC. The maximum absolute atomic E-state index is 13.4. The van der Waals surface area contributed by atoms with Crippen LogP contribution < -0.4 is 14.2 Å². The Morgan fingerprint density at radius 2 is 1.70 bits per heavy atom. The van der Waals surface area contributed by atoms with Gasteiger partial charge in [0.25, 0.3) is 0 Å². The number of rotatable bonds is 8. The summed E-state index contributed by atoms with van der Waals surface area (Å²) in [4.78, 5) is 15.3. The molecule has 0 aliphatic rings. The third kappa shape index (κ3) is 4.11. The number of nitrogens with zero attached hydrogens (tertiary/aromatic N) is 1. The number of furan rings is 1. The van der Waals surface area contributed by atoms with Crippen molar-refractivity contribution in [2.75, 3.05) is 35.4 Å². The first-order valence-electron chi connectivity index (χ1n) is 9.28. The predicted octanol–water partition coefficient (Wildman–Crippen LogP) is 3.97. The van der Waals surface area contributed by atoms with E-state index in [1.807, 2.05) is 25.1 Å². The van der Waals surface area contributed by atoms with Gasteiger partial charge in [-0.15, -0.1) is 0 Å². The van der Waals surface area contributed by atoms with E-state index in [-0.39, 0.29) is 17.1 Å². The summed E-state index contributed by atoms with van der Waals surface area (Å²) >= 11 is 0. The number of methoxy groups -OCH3 is 3. The second-order valence-electron chi connectivity index (χ2n) is 6.99. The number of hydrogen-bond acceptors (Lipinski definition) is 7. The highest BCUT2D eigenvalue weighted by Gasteiger charge is 2.23. The summed E-state index contributed by atoms with van der Waals surface area (Å²) in [5, 5.41) is 10.9. The van der Waals surface area contributed by atoms with Crippen LogP contribution in [0.15, 0.2) is 47.1 Å². The molecule has 7 heteroatoms. The summed E-state index contributed by atoms with van der Waals surface area (Å²) in [6, 6.07) is 10.1. The summed E-state index contributed by atoms with van der Waals surface area (Å²) < 4.78 is 21.5. The van der Waals surface area contributed by atoms with Crippen LogP contribution in [0.3, 0.4) is 0 Å². The van der Waals surface area contributed by atoms with Crippen molar-refractivity contribution in [2.24, 2.45) is 0 Å². The van der Waals surface area contributed by atoms with Gasteiger partial charge >= 0.3 is 0 Å². The largest absolute Gasteiger partial charge is 0.507 e. The van der Waals surface area contributed by atoms with Crippen LogP contribution >= 0.6 is 0 Å². The number of phenols is 1. The Morgan fingerprint density at radius 1 is 1.03 bits per heavy atom. The van der Waals surface area contributed by atoms with E-state index >= 15 is 0 Å². The Balaban J connectivity index is 2.17. The van der Waals surface area contributed by atoms with Crippen molar-refractivity contribution in [3.8, 4) is 34.3 Å². The molecule has 3 rings (SSSR count). The van der Waals surface area contributed by atoms with Crippen molar-refractivity contribution in [3.63, 3.8) is 0 Å². The van der Waals surface area contributed by atoms with E-state index in [4.69, 9.17) is 18.6 Å². The highest BCUT2D eigenvalue weighted by molar-refractivity contribution is 6.12. The second kappa shape index (κ2) is 8.92. The lowest BCUT2D eigenvalue weighted by atomic mass is 9.95. The predicted molar refractivity (Wildman–Crippen MR) is 113 cm³/mol. The molecule has 0 bridgehead atoms. The molecule has 7 nitrogen and oxygen atoms in total. The van der Waals surface area contributed by atoms with Crippen molar-refractivity contribution in [1.29, 1.82) is 0 Å². The highest BCUT2D eigenvalue weighted by atomic mass is 16.5. The zero-order valence-electron chi connectivity index (χ0n) is 17.7. The van der Waals surface area contributed by atoms with Crippen LogP contribution in [0.2, 0.25) is 0 Å². The summed E-state index contributed by atoms with van der Waals surface area (Å²) in [6.07, 6.45) is 1.56. The summed E-state index contributed by atoms with van der Waals surface area (Å²) in [7, 11) is 8.24. The number of ether oxygens (including phenoxy) is 3. The highest BCUT2D eigenvalue weighted by Crippen LogP contribution is 2.40. The van der Waals surface area contributed by atoms with Gasteiger partial charge in [0, 0.05) is 23.2 Å². The third-order valence-corrected chi connectivity index (χ3v) is 4.65. The van der Waals surface area contributed by atoms with E-state index in [0.29, 0.717) is 46.2 Å². The molecular formula is C23H25NO6. The minimum atomic E-state index is -0.375. The van der Waals surface area contributed by atoms with Crippen LogP contribution in [0.1, 0.15) is 21.5 Å². The summed E-state index contributed by atoms with van der Waals surface area (Å²) in [5.41, 5.74) is 1.78. The average Bonchev–Trinajstić information content (AvgIpc) is 3.28. The molecule has 1 N–H and O–H groups in total. The van der Waals surface area contributed by atoms with Crippen molar-refractivity contribution < 1.29 is 28.5 Å². The van der Waals surface area contributed by atoms with E-state index in [9.17, 15) is 9.90 Å². The van der Waals surface area contributed by atoms with E-state index in [0.717, 1.165) is 0 Å². The smallest absolute Gasteiger partial charge is 0.203 e. The van der Waals surface area contributed by atoms with Crippen LogP contribution in [-0.2, 0) is 6.54 Å². The fraction of sp³-hybridized carbons (Fsp3) is 0.261. The molecule has 3 aromatic rings. The maximum Gasteiger partial charge on any atom is 0.203 e. The van der Waals surface area contributed by atoms with Crippen LogP contribution in [0.4, 0.5) is 0 Å². The van der Waals surface area contributed by atoms with Gasteiger partial charge in [0.2, 0.25) is 5.75 Å². The zero-order chi connectivity index (χ0) is 21.8. The molecule has 1 aromatic heterocycles. The average molecular weight is 411 g/mol. The normalized spacial score (nSPS) is 10.9. The maximum atomic E-state index is 13.4. The molecule has 0 amide bonds. The molecule has 30 heavy (non-hydrogen) atoms. The van der Waals surface area contributed by atoms with Gasteiger partial charge in [0.05, 0.1) is 33.2 Å². The van der Waals surface area contributed by atoms with Gasteiger partial charge in [0.15, 0.2) is 17.3 Å². The van der Waals surface area contributed by atoms with Crippen molar-refractivity contribution in [3.05, 3.63) is 59.4 Å². The van der Waals surface area contributed by atoms with E-state index in [1.54, 1.807) is 36.6 Å². The van der Waals surface area contributed by atoms with E-state index < -0.39 is 0 Å². The lowest BCUT2D eigenvalue weighted by Crippen LogP contribution is -2.12. The quantitative estimate of drug-likeness (QED) is 0.562. The molecule has 2 aromatic carbocycles. The number of aromatic hydroxyl groups is 1. The van der Waals surface area contributed by atoms with Crippen molar-refractivity contribution in [1.82, 2.24) is 4.90 Å². The van der Waals surface area contributed by atoms with Gasteiger partial charge < -0.3 is 28.6 Å². The second-order valence-corrected chi connectivity index (χ2v) is 6.99. The van der Waals surface area contributed by atoms with Gasteiger partial charge in [0.1, 0.15) is 11.5 Å². The molecule has 0 radical (unpaired) electrons. The van der Waals surface area contributed by atoms with Gasteiger partial charge in [-0.25, -0.2) is 0 Å². The molecule has 0 aliphatic heterocycles. The molecule has 0 unspecified atom stereocenters. The van der Waals surface area contributed by atoms with Gasteiger partial charge in [-0.05, 0) is 50.5 Å². The lowest BCUT2D eigenvalue weighted by Gasteiger charge is -2.17. The molecule has 0 spiro atoms. The Kier molecular flexibility index (Phi) is 6.32. The summed E-state index contributed by atoms with van der Waals surface area (Å²) in [6.45, 7) is 0.454. The Labute approximate surface area is 175 Å². The number of carbonyl (C=O) groups is 1. The van der Waals surface area contributed by atoms with Crippen molar-refractivity contribution >= 4 is 5.78 Å². The topological polar surface area (TPSA) is 81.4 Å². The monoisotopic (exact) mass is 411 g/mol. The number of ketones is 1. The molecule has 0 saturated heterocycles. The first-order chi connectivity index (χ1) is 14.4. The molecule has 1 heterocycles. The first kappa shape index (κ1) is 21.3. The van der Waals surface area contributed by atoms with Crippen LogP contribution in [0.25, 0.3) is 11.3 Å². The molecule has 158 valence electrons. The lowest BCUT2D eigenvalue weighted by molar-refractivity contribution is 0.103. The zero-order valence-corrected chi connectivity index (χ0v) is 17.7. The Hall–Kier alpha value is -3.45. The minimum Gasteiger partial charge on any atom is -0.507 e. The molecule has 0 saturated carbocycles. The van der Waals surface area contributed by atoms with E-state index in [2.05, 4.69) is 0 Å². The molecule has 0 fully saturated rings. The number of hydrogen-bond donors (Lipinski definition) is 1. The Morgan fingerprint density at radius 3 is 2.20 bits per heavy atom. The molecular weight excluding hydrogens is 386 g/mol. The van der Waals surface area contributed by atoms with Crippen molar-refractivity contribution in [2.45, 2.75) is 6.54 Å². The van der Waals surface area contributed by atoms with Gasteiger partial charge in [-0.3, -0.25) is 4.79 Å². The Bertz CT molecular complexity index is 1020. The van der Waals surface area contributed by atoms with Gasteiger partial charge in [-0.1, -0.05) is 0 Å². The van der Waals surface area contributed by atoms with Crippen LogP contribution in [0, 0.1) is 0 Å². The van der Waals surface area contributed by atoms with Gasteiger partial charge in [-0.2, -0.15) is 0 Å². The van der Waals surface area contributed by atoms with E-state index in [1.165, 1.54) is 21.3 Å². The minimum absolute atomic E-state index is 0.0715. The third-order valence-electron chi connectivity index (χ3n) is 4.65. The fourth-order valence-corrected chi connectivity index (χ4v) is 3.28. The first-order valence-corrected chi connectivity index (χ1v) is 9.28. The molecule has 0 atom stereocenters. The van der Waals surface area contributed by atoms with Crippen LogP contribution in [-0.4, -0.2) is 51.2 Å². The molecule has 0 aliphatic carbocycles. The number of benzene rings is 2. The van der Waals surface area contributed by atoms with Crippen LogP contribution in [0.5, 0.6) is 23.0 Å². The number of phenolic OH excluding ortho intramolecular Hbond substituents is 1. The fourth-order valence-electron chi connectivity index (χ4n) is 3.28. The summed E-state index contributed by atoms with van der Waals surface area (Å²) in [5.74, 6) is 1.26. The standard InChI is InChI=1S/C23H25NO6/c1-24(2)13-16-9-14(18-7-6-8-30-18)10-17(22(16)26)21(25)15-11-19(27-3)23(29-5)20(12-15)28-4/h6-12,26H,13H2,1-5H3.